The Morgan fingerprint density at radius 2 is 1.00 bits per heavy atom. The second kappa shape index (κ2) is 6.75. The minimum Gasteiger partial charge on any atom is -0.179 e. The van der Waals surface area contributed by atoms with Crippen LogP contribution >= 0.6 is 25.3 Å². The summed E-state index contributed by atoms with van der Waals surface area (Å²) in [5.74, 6) is 3.95. The molecule has 2 saturated carbocycles. The second-order valence-corrected chi connectivity index (χ2v) is 6.85. The summed E-state index contributed by atoms with van der Waals surface area (Å²) in [7, 11) is 0. The molecule has 0 unspecified atom stereocenters. The summed E-state index contributed by atoms with van der Waals surface area (Å²) < 4.78 is 0. The summed E-state index contributed by atoms with van der Waals surface area (Å²) in [6, 6.07) is 0. The monoisotopic (exact) mass is 272 g/mol. The first-order valence-electron chi connectivity index (χ1n) is 7.55. The van der Waals surface area contributed by atoms with Gasteiger partial charge in [0.05, 0.1) is 0 Å². The zero-order chi connectivity index (χ0) is 12.1. The molecule has 2 heteroatoms. The van der Waals surface area contributed by atoms with Crippen molar-refractivity contribution in [1.82, 2.24) is 0 Å². The average molecular weight is 273 g/mol. The van der Waals surface area contributed by atoms with Crippen LogP contribution in [0.4, 0.5) is 0 Å². The fourth-order valence-corrected chi connectivity index (χ4v) is 5.69. The fourth-order valence-electron chi connectivity index (χ4n) is 4.25. The van der Waals surface area contributed by atoms with Gasteiger partial charge in [0.25, 0.3) is 0 Å². The van der Waals surface area contributed by atoms with Crippen molar-refractivity contribution in [3.63, 3.8) is 0 Å². The molecule has 0 radical (unpaired) electrons. The first-order valence-corrected chi connectivity index (χ1v) is 8.81. The highest BCUT2D eigenvalue weighted by Crippen LogP contribution is 2.50. The van der Waals surface area contributed by atoms with Gasteiger partial charge in [-0.05, 0) is 54.4 Å². The van der Waals surface area contributed by atoms with Gasteiger partial charge in [0.2, 0.25) is 0 Å². The lowest BCUT2D eigenvalue weighted by Gasteiger charge is -2.48. The molecule has 0 N–H and O–H groups in total. The molecule has 0 spiro atoms. The molecule has 100 valence electrons. The molecule has 0 aromatic heterocycles. The van der Waals surface area contributed by atoms with Crippen LogP contribution in [0.3, 0.4) is 0 Å². The molecule has 2 aliphatic carbocycles. The van der Waals surface area contributed by atoms with Gasteiger partial charge in [0.15, 0.2) is 0 Å². The summed E-state index contributed by atoms with van der Waals surface area (Å²) in [6.45, 7) is 0. The van der Waals surface area contributed by atoms with Crippen molar-refractivity contribution in [3.05, 3.63) is 0 Å². The van der Waals surface area contributed by atoms with Crippen LogP contribution in [0.5, 0.6) is 0 Å². The van der Waals surface area contributed by atoms with E-state index in [0.29, 0.717) is 5.41 Å². The molecule has 0 saturated heterocycles. The largest absolute Gasteiger partial charge is 0.179 e. The molecule has 0 amide bonds. The molecule has 17 heavy (non-hydrogen) atoms. The van der Waals surface area contributed by atoms with E-state index in [1.165, 1.54) is 64.2 Å². The molecule has 2 fully saturated rings. The predicted octanol–water partition coefficient (Wildman–Crippen LogP) is 4.99. The van der Waals surface area contributed by atoms with Crippen LogP contribution in [-0.2, 0) is 0 Å². The van der Waals surface area contributed by atoms with E-state index in [2.05, 4.69) is 0 Å². The maximum atomic E-state index is 4.75. The van der Waals surface area contributed by atoms with Crippen LogP contribution in [0.15, 0.2) is 0 Å². The Labute approximate surface area is 118 Å². The van der Waals surface area contributed by atoms with Gasteiger partial charge in [-0.2, -0.15) is 25.3 Å². The molecule has 0 nitrogen and oxygen atoms in total. The number of rotatable bonds is 4. The lowest BCUT2D eigenvalue weighted by molar-refractivity contribution is 0.0689. The summed E-state index contributed by atoms with van der Waals surface area (Å²) in [5, 5.41) is 0. The molecule has 2 aliphatic rings. The summed E-state index contributed by atoms with van der Waals surface area (Å²) in [5.41, 5.74) is 0.451. The molecule has 0 aromatic carbocycles. The maximum absolute atomic E-state index is 4.75. The molecule has 0 atom stereocenters. The highest BCUT2D eigenvalue weighted by atomic mass is 32.1. The van der Waals surface area contributed by atoms with E-state index in [9.17, 15) is 0 Å². The van der Waals surface area contributed by atoms with E-state index in [4.69, 9.17) is 25.3 Å². The highest BCUT2D eigenvalue weighted by Gasteiger charge is 2.43. The number of hydrogen-bond acceptors (Lipinski definition) is 2. The van der Waals surface area contributed by atoms with E-state index in [1.54, 1.807) is 0 Å². The third-order valence-corrected chi connectivity index (χ3v) is 6.60. The number of thiol groups is 2. The van der Waals surface area contributed by atoms with Crippen molar-refractivity contribution in [1.29, 1.82) is 0 Å². The zero-order valence-electron chi connectivity index (χ0n) is 11.0. The van der Waals surface area contributed by atoms with E-state index < -0.39 is 0 Å². The molecular weight excluding hydrogens is 244 g/mol. The van der Waals surface area contributed by atoms with Crippen molar-refractivity contribution in [2.24, 2.45) is 17.3 Å². The van der Waals surface area contributed by atoms with Crippen LogP contribution < -0.4 is 0 Å². The molecule has 0 aromatic rings. The van der Waals surface area contributed by atoms with Gasteiger partial charge in [-0.3, -0.25) is 0 Å². The van der Waals surface area contributed by atoms with Crippen molar-refractivity contribution < 1.29 is 0 Å². The van der Waals surface area contributed by atoms with Gasteiger partial charge in [0.1, 0.15) is 0 Å². The third kappa shape index (κ3) is 3.00. The highest BCUT2D eigenvalue weighted by molar-refractivity contribution is 7.81. The lowest BCUT2D eigenvalue weighted by Crippen LogP contribution is -2.43. The quantitative estimate of drug-likeness (QED) is 0.662. The Bertz CT molecular complexity index is 191. The Kier molecular flexibility index (Phi) is 5.60. The van der Waals surface area contributed by atoms with Crippen molar-refractivity contribution >= 4 is 25.3 Å². The lowest BCUT2D eigenvalue weighted by atomic mass is 9.60. The van der Waals surface area contributed by atoms with E-state index in [1.807, 2.05) is 0 Å². The molecule has 2 rings (SSSR count). The Morgan fingerprint density at radius 3 is 1.29 bits per heavy atom. The van der Waals surface area contributed by atoms with Gasteiger partial charge in [0, 0.05) is 0 Å². The molecule has 0 aliphatic heterocycles. The van der Waals surface area contributed by atoms with E-state index in [-0.39, 0.29) is 0 Å². The van der Waals surface area contributed by atoms with Gasteiger partial charge >= 0.3 is 0 Å². The molecule has 0 bridgehead atoms. The first kappa shape index (κ1) is 14.1. The second-order valence-electron chi connectivity index (χ2n) is 6.22. The fraction of sp³-hybridized carbons (Fsp3) is 1.00. The minimum atomic E-state index is 0.451. The average Bonchev–Trinajstić information content (AvgIpc) is 2.43. The van der Waals surface area contributed by atoms with Crippen LogP contribution in [-0.4, -0.2) is 11.5 Å². The standard InChI is InChI=1S/C15H28S2/c16-11-15(12-17,13-7-3-1-4-8-13)14-9-5-2-6-10-14/h13-14,16-17H,1-12H2. The van der Waals surface area contributed by atoms with Crippen molar-refractivity contribution in [2.75, 3.05) is 11.5 Å². The van der Waals surface area contributed by atoms with Crippen LogP contribution in [0.1, 0.15) is 64.2 Å². The van der Waals surface area contributed by atoms with Gasteiger partial charge in [-0.15, -0.1) is 0 Å². The maximum Gasteiger partial charge on any atom is -0.00280 e. The number of hydrogen-bond donors (Lipinski definition) is 2. The van der Waals surface area contributed by atoms with Crippen LogP contribution in [0.25, 0.3) is 0 Å². The van der Waals surface area contributed by atoms with Crippen LogP contribution in [0.2, 0.25) is 0 Å². The van der Waals surface area contributed by atoms with Crippen molar-refractivity contribution in [3.8, 4) is 0 Å². The van der Waals surface area contributed by atoms with Crippen LogP contribution in [0, 0.1) is 17.3 Å². The summed E-state index contributed by atoms with van der Waals surface area (Å²) >= 11 is 9.51. The van der Waals surface area contributed by atoms with E-state index in [0.717, 1.165) is 23.3 Å². The summed E-state index contributed by atoms with van der Waals surface area (Å²) in [4.78, 5) is 0. The predicted molar refractivity (Wildman–Crippen MR) is 83.3 cm³/mol. The van der Waals surface area contributed by atoms with E-state index >= 15 is 0 Å². The Balaban J connectivity index is 2.10. The normalized spacial score (nSPS) is 25.1. The zero-order valence-corrected chi connectivity index (χ0v) is 12.8. The topological polar surface area (TPSA) is 0 Å². The Morgan fingerprint density at radius 1 is 0.647 bits per heavy atom. The van der Waals surface area contributed by atoms with Gasteiger partial charge in [-0.25, -0.2) is 0 Å². The molecule has 0 heterocycles. The first-order chi connectivity index (χ1) is 8.33. The Hall–Kier alpha value is 0.700. The minimum absolute atomic E-state index is 0.451. The smallest absolute Gasteiger partial charge is 0.00280 e. The summed E-state index contributed by atoms with van der Waals surface area (Å²) in [6.07, 6.45) is 14.5. The molecular formula is C15H28S2. The van der Waals surface area contributed by atoms with Gasteiger partial charge in [-0.1, -0.05) is 38.5 Å². The van der Waals surface area contributed by atoms with Crippen molar-refractivity contribution in [2.45, 2.75) is 64.2 Å². The SMILES string of the molecule is SCC(CS)(C1CCCCC1)C1CCCCC1. The van der Waals surface area contributed by atoms with Gasteiger partial charge < -0.3 is 0 Å². The third-order valence-electron chi connectivity index (χ3n) is 5.43.